The molecule has 2 atom stereocenters. The van der Waals surface area contributed by atoms with Crippen molar-refractivity contribution in [2.75, 3.05) is 20.1 Å². The van der Waals surface area contributed by atoms with Gasteiger partial charge < -0.3 is 20.0 Å². The zero-order valence-electron chi connectivity index (χ0n) is 13.0. The number of furan rings is 1. The molecule has 2 heterocycles. The maximum Gasteiger partial charge on any atom is 0.290 e. The van der Waals surface area contributed by atoms with E-state index < -0.39 is 6.04 Å². The molecule has 2 N–H and O–H groups in total. The molecule has 2 amide bonds. The Balaban J connectivity index is 0.00000242. The molecule has 1 aliphatic heterocycles. The zero-order chi connectivity index (χ0) is 15.2. The molecule has 0 saturated carbocycles. The molecule has 6 nitrogen and oxygen atoms in total. The van der Waals surface area contributed by atoms with Crippen LogP contribution in [0, 0.1) is 0 Å². The lowest BCUT2D eigenvalue weighted by Crippen LogP contribution is -2.53. The van der Waals surface area contributed by atoms with E-state index in [2.05, 4.69) is 10.6 Å². The summed E-state index contributed by atoms with van der Waals surface area (Å²) in [7, 11) is 1.85. The smallest absolute Gasteiger partial charge is 0.290 e. The molecule has 1 aromatic rings. The van der Waals surface area contributed by atoms with Crippen molar-refractivity contribution >= 4 is 24.2 Å². The average molecular weight is 330 g/mol. The Hall–Kier alpha value is -1.53. The molecule has 0 radical (unpaired) electrons. The summed E-state index contributed by atoms with van der Waals surface area (Å²) in [5.41, 5.74) is 0. The van der Waals surface area contributed by atoms with Crippen LogP contribution >= 0.6 is 12.4 Å². The number of rotatable bonds is 5. The Morgan fingerprint density at radius 2 is 2.23 bits per heavy atom. The summed E-state index contributed by atoms with van der Waals surface area (Å²) in [5, 5.41) is 5.98. The molecule has 2 unspecified atom stereocenters. The van der Waals surface area contributed by atoms with Crippen LogP contribution in [0.1, 0.15) is 36.7 Å². The predicted octanol–water partition coefficient (Wildman–Crippen LogP) is 1.42. The van der Waals surface area contributed by atoms with Crippen molar-refractivity contribution in [1.29, 1.82) is 0 Å². The molecule has 124 valence electrons. The summed E-state index contributed by atoms with van der Waals surface area (Å²) in [5.74, 6) is -0.00323. The van der Waals surface area contributed by atoms with Crippen molar-refractivity contribution in [3.8, 4) is 0 Å². The number of carbonyl (C=O) groups excluding carboxylic acids is 2. The van der Waals surface area contributed by atoms with E-state index in [1.54, 1.807) is 17.0 Å². The number of likely N-dealkylation sites (N-methyl/N-ethyl adjacent to an activating group) is 1. The third kappa shape index (κ3) is 4.48. The minimum absolute atomic E-state index is 0. The standard InChI is InChI=1S/C15H23N3O3.ClH/c1-11(16-2)10-17-14(19)12-6-3-4-8-18(12)15(20)13-7-5-9-21-13;/h5,7,9,11-12,16H,3-4,6,8,10H2,1-2H3,(H,17,19);1H. The van der Waals surface area contributed by atoms with Crippen molar-refractivity contribution in [1.82, 2.24) is 15.5 Å². The maximum absolute atomic E-state index is 12.4. The highest BCUT2D eigenvalue weighted by Crippen LogP contribution is 2.20. The van der Waals surface area contributed by atoms with Gasteiger partial charge in [-0.1, -0.05) is 0 Å². The van der Waals surface area contributed by atoms with E-state index in [0.29, 0.717) is 25.3 Å². The highest BCUT2D eigenvalue weighted by atomic mass is 35.5. The molecule has 0 aliphatic carbocycles. The van der Waals surface area contributed by atoms with E-state index in [9.17, 15) is 9.59 Å². The molecule has 7 heteroatoms. The maximum atomic E-state index is 12.4. The van der Waals surface area contributed by atoms with Crippen LogP contribution in [0.3, 0.4) is 0 Å². The normalized spacial score (nSPS) is 19.2. The first-order valence-corrected chi connectivity index (χ1v) is 7.43. The van der Waals surface area contributed by atoms with E-state index in [1.165, 1.54) is 6.26 Å². The fourth-order valence-electron chi connectivity index (χ4n) is 2.46. The van der Waals surface area contributed by atoms with E-state index in [4.69, 9.17) is 4.42 Å². The first kappa shape index (κ1) is 18.5. The Kier molecular flexibility index (Phi) is 7.41. The number of nitrogens with zero attached hydrogens (tertiary/aromatic N) is 1. The SMILES string of the molecule is CNC(C)CNC(=O)C1CCCCN1C(=O)c1ccco1.Cl. The second kappa shape index (κ2) is 8.80. The molecule has 0 bridgehead atoms. The Morgan fingerprint density at radius 1 is 1.45 bits per heavy atom. The van der Waals surface area contributed by atoms with Crippen molar-refractivity contribution in [3.05, 3.63) is 24.2 Å². The first-order valence-electron chi connectivity index (χ1n) is 7.43. The summed E-state index contributed by atoms with van der Waals surface area (Å²) in [4.78, 5) is 26.4. The number of amides is 2. The molecule has 1 fully saturated rings. The third-order valence-corrected chi connectivity index (χ3v) is 3.87. The van der Waals surface area contributed by atoms with Crippen molar-refractivity contribution in [3.63, 3.8) is 0 Å². The van der Waals surface area contributed by atoms with E-state index in [0.717, 1.165) is 12.8 Å². The average Bonchev–Trinajstić information content (AvgIpc) is 3.05. The van der Waals surface area contributed by atoms with Crippen molar-refractivity contribution < 1.29 is 14.0 Å². The van der Waals surface area contributed by atoms with Gasteiger partial charge in [0, 0.05) is 19.1 Å². The van der Waals surface area contributed by atoms with Crippen LogP contribution in [0.25, 0.3) is 0 Å². The lowest BCUT2D eigenvalue weighted by Gasteiger charge is -2.34. The largest absolute Gasteiger partial charge is 0.459 e. The van der Waals surface area contributed by atoms with Gasteiger partial charge in [-0.05, 0) is 45.4 Å². The van der Waals surface area contributed by atoms with Crippen molar-refractivity contribution in [2.45, 2.75) is 38.3 Å². The van der Waals surface area contributed by atoms with Gasteiger partial charge in [0.25, 0.3) is 5.91 Å². The number of nitrogens with one attached hydrogen (secondary N) is 2. The highest BCUT2D eigenvalue weighted by molar-refractivity contribution is 5.95. The van der Waals surface area contributed by atoms with Crippen LogP contribution in [0.5, 0.6) is 0 Å². The lowest BCUT2D eigenvalue weighted by atomic mass is 10.0. The lowest BCUT2D eigenvalue weighted by molar-refractivity contribution is -0.126. The molecule has 1 aromatic heterocycles. The first-order chi connectivity index (χ1) is 10.1. The summed E-state index contributed by atoms with van der Waals surface area (Å²) in [6.45, 7) is 3.14. The van der Waals surface area contributed by atoms with Crippen LogP contribution in [0.4, 0.5) is 0 Å². The number of hydrogen-bond donors (Lipinski definition) is 2. The van der Waals surface area contributed by atoms with Crippen LogP contribution in [-0.2, 0) is 4.79 Å². The molecule has 1 saturated heterocycles. The van der Waals surface area contributed by atoms with Gasteiger partial charge in [-0.2, -0.15) is 0 Å². The van der Waals surface area contributed by atoms with Gasteiger partial charge in [-0.15, -0.1) is 12.4 Å². The topological polar surface area (TPSA) is 74.6 Å². The molecule has 0 spiro atoms. The second-order valence-corrected chi connectivity index (χ2v) is 5.42. The number of carbonyl (C=O) groups is 2. The van der Waals surface area contributed by atoms with Crippen LogP contribution < -0.4 is 10.6 Å². The summed E-state index contributed by atoms with van der Waals surface area (Å²) in [6.07, 6.45) is 4.05. The molecule has 0 aromatic carbocycles. The van der Waals surface area contributed by atoms with Gasteiger partial charge in [-0.25, -0.2) is 0 Å². The minimum Gasteiger partial charge on any atom is -0.459 e. The summed E-state index contributed by atoms with van der Waals surface area (Å²) >= 11 is 0. The second-order valence-electron chi connectivity index (χ2n) is 5.42. The summed E-state index contributed by atoms with van der Waals surface area (Å²) in [6, 6.07) is 3.11. The minimum atomic E-state index is -0.402. The Morgan fingerprint density at radius 3 is 2.86 bits per heavy atom. The van der Waals surface area contributed by atoms with Gasteiger partial charge in [0.15, 0.2) is 5.76 Å². The van der Waals surface area contributed by atoms with Gasteiger partial charge in [0.05, 0.1) is 6.26 Å². The van der Waals surface area contributed by atoms with Crippen LogP contribution in [0.2, 0.25) is 0 Å². The van der Waals surface area contributed by atoms with E-state index >= 15 is 0 Å². The quantitative estimate of drug-likeness (QED) is 0.856. The summed E-state index contributed by atoms with van der Waals surface area (Å²) < 4.78 is 5.16. The Bertz CT molecular complexity index is 478. The zero-order valence-corrected chi connectivity index (χ0v) is 13.8. The monoisotopic (exact) mass is 329 g/mol. The molecular weight excluding hydrogens is 306 g/mol. The van der Waals surface area contributed by atoms with E-state index in [-0.39, 0.29) is 30.3 Å². The van der Waals surface area contributed by atoms with E-state index in [1.807, 2.05) is 14.0 Å². The van der Waals surface area contributed by atoms with Gasteiger partial charge in [0.1, 0.15) is 6.04 Å². The van der Waals surface area contributed by atoms with Gasteiger partial charge >= 0.3 is 0 Å². The molecule has 22 heavy (non-hydrogen) atoms. The van der Waals surface area contributed by atoms with Crippen molar-refractivity contribution in [2.24, 2.45) is 0 Å². The fraction of sp³-hybridized carbons (Fsp3) is 0.600. The van der Waals surface area contributed by atoms with Gasteiger partial charge in [-0.3, -0.25) is 9.59 Å². The van der Waals surface area contributed by atoms with Gasteiger partial charge in [0.2, 0.25) is 5.91 Å². The predicted molar refractivity (Wildman–Crippen MR) is 86.2 cm³/mol. The number of likely N-dealkylation sites (tertiary alicyclic amines) is 1. The Labute approximate surface area is 137 Å². The number of hydrogen-bond acceptors (Lipinski definition) is 4. The highest BCUT2D eigenvalue weighted by Gasteiger charge is 2.33. The molecule has 1 aliphatic rings. The number of halogens is 1. The molecule has 2 rings (SSSR count). The third-order valence-electron chi connectivity index (χ3n) is 3.87. The van der Waals surface area contributed by atoms with Crippen LogP contribution in [0.15, 0.2) is 22.8 Å². The number of piperidine rings is 1. The fourth-order valence-corrected chi connectivity index (χ4v) is 2.46. The van der Waals surface area contributed by atoms with Crippen LogP contribution in [-0.4, -0.2) is 48.9 Å². The molecular formula is C15H24ClN3O3.